The van der Waals surface area contributed by atoms with Crippen molar-refractivity contribution in [2.75, 3.05) is 5.32 Å². The molecular formula is C18H16N6O2. The molecule has 1 N–H and O–H groups in total. The lowest BCUT2D eigenvalue weighted by atomic mass is 10.1. The minimum Gasteiger partial charge on any atom is -0.381 e. The van der Waals surface area contributed by atoms with E-state index in [0.29, 0.717) is 24.3 Å². The van der Waals surface area contributed by atoms with Crippen LogP contribution in [0.2, 0.25) is 0 Å². The molecule has 0 fully saturated rings. The van der Waals surface area contributed by atoms with Crippen molar-refractivity contribution in [1.29, 1.82) is 5.26 Å². The predicted molar refractivity (Wildman–Crippen MR) is 95.4 cm³/mol. The second kappa shape index (κ2) is 7.44. The summed E-state index contributed by atoms with van der Waals surface area (Å²) in [5, 5.41) is 27.5. The number of nitrogens with zero attached hydrogens (tertiary/aromatic N) is 5. The maximum Gasteiger partial charge on any atom is 0.275 e. The molecule has 3 rings (SSSR count). The van der Waals surface area contributed by atoms with E-state index in [1.54, 1.807) is 24.0 Å². The molecular weight excluding hydrogens is 332 g/mol. The summed E-state index contributed by atoms with van der Waals surface area (Å²) in [5.74, 6) is 0. The Morgan fingerprint density at radius 1 is 1.31 bits per heavy atom. The van der Waals surface area contributed by atoms with Crippen LogP contribution in [-0.4, -0.2) is 19.7 Å². The minimum atomic E-state index is -0.472. The minimum absolute atomic E-state index is 0.0634. The van der Waals surface area contributed by atoms with Gasteiger partial charge < -0.3 is 5.32 Å². The molecule has 0 unspecified atom stereocenters. The fourth-order valence-electron chi connectivity index (χ4n) is 2.67. The van der Waals surface area contributed by atoms with Crippen LogP contribution in [0.3, 0.4) is 0 Å². The largest absolute Gasteiger partial charge is 0.381 e. The third-order valence-electron chi connectivity index (χ3n) is 3.99. The van der Waals surface area contributed by atoms with Gasteiger partial charge in [0.1, 0.15) is 12.7 Å². The first-order valence-electron chi connectivity index (χ1n) is 7.90. The van der Waals surface area contributed by atoms with Crippen LogP contribution in [0.5, 0.6) is 0 Å². The molecule has 0 saturated carbocycles. The summed E-state index contributed by atoms with van der Waals surface area (Å²) in [4.78, 5) is 14.6. The van der Waals surface area contributed by atoms with Gasteiger partial charge in [0.15, 0.2) is 0 Å². The SMILES string of the molecule is Cc1c(NCc2cccc(Cn3cncn3)c2)cc(C#N)cc1[N+](=O)[O-]. The molecule has 0 saturated heterocycles. The van der Waals surface area contributed by atoms with Crippen molar-refractivity contribution in [3.63, 3.8) is 0 Å². The van der Waals surface area contributed by atoms with Gasteiger partial charge in [0, 0.05) is 23.9 Å². The zero-order valence-corrected chi connectivity index (χ0v) is 14.1. The van der Waals surface area contributed by atoms with Crippen molar-refractivity contribution in [2.24, 2.45) is 0 Å². The average Bonchev–Trinajstić information content (AvgIpc) is 3.14. The van der Waals surface area contributed by atoms with E-state index in [1.807, 2.05) is 30.3 Å². The lowest BCUT2D eigenvalue weighted by molar-refractivity contribution is -0.385. The van der Waals surface area contributed by atoms with Crippen LogP contribution in [0.4, 0.5) is 11.4 Å². The molecule has 0 aliphatic heterocycles. The highest BCUT2D eigenvalue weighted by atomic mass is 16.6. The second-order valence-electron chi connectivity index (χ2n) is 5.80. The number of nitriles is 1. The zero-order chi connectivity index (χ0) is 18.5. The first-order chi connectivity index (χ1) is 12.6. The Morgan fingerprint density at radius 2 is 2.12 bits per heavy atom. The molecule has 8 heteroatoms. The second-order valence-corrected chi connectivity index (χ2v) is 5.80. The molecule has 26 heavy (non-hydrogen) atoms. The van der Waals surface area contributed by atoms with Crippen LogP contribution in [-0.2, 0) is 13.1 Å². The molecule has 2 aromatic carbocycles. The van der Waals surface area contributed by atoms with Gasteiger partial charge in [-0.15, -0.1) is 0 Å². The highest BCUT2D eigenvalue weighted by Gasteiger charge is 2.16. The molecule has 0 aliphatic carbocycles. The van der Waals surface area contributed by atoms with Gasteiger partial charge in [-0.2, -0.15) is 10.4 Å². The fraction of sp³-hybridized carbons (Fsp3) is 0.167. The Labute approximate surface area is 149 Å². The number of rotatable bonds is 6. The molecule has 0 radical (unpaired) electrons. The van der Waals surface area contributed by atoms with Crippen molar-refractivity contribution in [1.82, 2.24) is 14.8 Å². The summed E-state index contributed by atoms with van der Waals surface area (Å²) >= 11 is 0. The molecule has 130 valence electrons. The first kappa shape index (κ1) is 17.1. The van der Waals surface area contributed by atoms with Crippen LogP contribution in [0.15, 0.2) is 49.1 Å². The summed E-state index contributed by atoms with van der Waals surface area (Å²) in [6.45, 7) is 2.77. The number of nitro groups is 1. The maximum absolute atomic E-state index is 11.2. The van der Waals surface area contributed by atoms with Gasteiger partial charge in [-0.1, -0.05) is 24.3 Å². The summed E-state index contributed by atoms with van der Waals surface area (Å²) in [5.41, 5.74) is 3.37. The normalized spacial score (nSPS) is 10.3. The van der Waals surface area contributed by atoms with Gasteiger partial charge >= 0.3 is 0 Å². The first-order valence-corrected chi connectivity index (χ1v) is 7.90. The van der Waals surface area contributed by atoms with E-state index < -0.39 is 4.92 Å². The van der Waals surface area contributed by atoms with E-state index in [2.05, 4.69) is 15.4 Å². The average molecular weight is 348 g/mol. The van der Waals surface area contributed by atoms with Gasteiger partial charge in [0.2, 0.25) is 0 Å². The van der Waals surface area contributed by atoms with Crippen LogP contribution in [0.25, 0.3) is 0 Å². The molecule has 3 aromatic rings. The number of nitrogens with one attached hydrogen (secondary N) is 1. The van der Waals surface area contributed by atoms with Gasteiger partial charge in [0.25, 0.3) is 5.69 Å². The third kappa shape index (κ3) is 3.84. The Bertz CT molecular complexity index is 976. The van der Waals surface area contributed by atoms with Crippen molar-refractivity contribution >= 4 is 11.4 Å². The van der Waals surface area contributed by atoms with Crippen LogP contribution < -0.4 is 5.32 Å². The Kier molecular flexibility index (Phi) is 4.90. The number of hydrogen-bond donors (Lipinski definition) is 1. The lowest BCUT2D eigenvalue weighted by Crippen LogP contribution is -2.05. The molecule has 0 amide bonds. The van der Waals surface area contributed by atoms with Crippen LogP contribution in [0.1, 0.15) is 22.3 Å². The van der Waals surface area contributed by atoms with E-state index in [-0.39, 0.29) is 11.3 Å². The Morgan fingerprint density at radius 3 is 2.81 bits per heavy atom. The van der Waals surface area contributed by atoms with Crippen molar-refractivity contribution in [2.45, 2.75) is 20.0 Å². The molecule has 8 nitrogen and oxygen atoms in total. The van der Waals surface area contributed by atoms with E-state index >= 15 is 0 Å². The predicted octanol–water partition coefficient (Wildman–Crippen LogP) is 3.03. The molecule has 1 aromatic heterocycles. The van der Waals surface area contributed by atoms with E-state index in [0.717, 1.165) is 11.1 Å². The molecule has 0 spiro atoms. The zero-order valence-electron chi connectivity index (χ0n) is 14.1. The number of nitro benzene ring substituents is 1. The molecule has 0 aliphatic rings. The van der Waals surface area contributed by atoms with Gasteiger partial charge in [-0.3, -0.25) is 10.1 Å². The third-order valence-corrected chi connectivity index (χ3v) is 3.99. The van der Waals surface area contributed by atoms with E-state index in [1.165, 1.54) is 12.4 Å². The Balaban J connectivity index is 1.78. The number of benzene rings is 2. The van der Waals surface area contributed by atoms with Gasteiger partial charge in [-0.05, 0) is 24.1 Å². The topological polar surface area (TPSA) is 110 Å². The van der Waals surface area contributed by atoms with Gasteiger partial charge in [0.05, 0.1) is 23.1 Å². The Hall–Kier alpha value is -3.73. The summed E-state index contributed by atoms with van der Waals surface area (Å²) in [6.07, 6.45) is 3.14. The maximum atomic E-state index is 11.2. The van der Waals surface area contributed by atoms with Crippen molar-refractivity contribution < 1.29 is 4.92 Å². The van der Waals surface area contributed by atoms with E-state index in [9.17, 15) is 10.1 Å². The van der Waals surface area contributed by atoms with Crippen LogP contribution in [0, 0.1) is 28.4 Å². The fourth-order valence-corrected chi connectivity index (χ4v) is 2.67. The quantitative estimate of drug-likeness (QED) is 0.541. The highest BCUT2D eigenvalue weighted by Crippen LogP contribution is 2.28. The highest BCUT2D eigenvalue weighted by molar-refractivity contribution is 5.64. The van der Waals surface area contributed by atoms with E-state index in [4.69, 9.17) is 5.26 Å². The summed E-state index contributed by atoms with van der Waals surface area (Å²) < 4.78 is 1.73. The number of aromatic nitrogens is 3. The summed E-state index contributed by atoms with van der Waals surface area (Å²) in [6, 6.07) is 12.8. The number of anilines is 1. The monoisotopic (exact) mass is 348 g/mol. The molecule has 0 atom stereocenters. The molecule has 1 heterocycles. The van der Waals surface area contributed by atoms with Gasteiger partial charge in [-0.25, -0.2) is 9.67 Å². The smallest absolute Gasteiger partial charge is 0.275 e. The summed E-state index contributed by atoms with van der Waals surface area (Å²) in [7, 11) is 0. The number of hydrogen-bond acceptors (Lipinski definition) is 6. The van der Waals surface area contributed by atoms with Crippen molar-refractivity contribution in [3.8, 4) is 6.07 Å². The van der Waals surface area contributed by atoms with Crippen LogP contribution >= 0.6 is 0 Å². The standard InChI is InChI=1S/C18H16N6O2/c1-13-17(6-16(8-19)7-18(13)24(25)26)21-9-14-3-2-4-15(5-14)10-23-12-20-11-22-23/h2-7,11-12,21H,9-10H2,1H3. The van der Waals surface area contributed by atoms with Crippen molar-refractivity contribution in [3.05, 3.63) is 81.4 Å². The lowest BCUT2D eigenvalue weighted by Gasteiger charge is -2.11. The molecule has 0 bridgehead atoms.